The first-order valence-corrected chi connectivity index (χ1v) is 8.51. The van der Waals surface area contributed by atoms with Crippen molar-refractivity contribution in [2.75, 3.05) is 13.7 Å². The van der Waals surface area contributed by atoms with Crippen molar-refractivity contribution in [2.24, 2.45) is 4.99 Å². The van der Waals surface area contributed by atoms with Crippen LogP contribution in [0.25, 0.3) is 0 Å². The Morgan fingerprint density at radius 2 is 2.13 bits per heavy atom. The van der Waals surface area contributed by atoms with Gasteiger partial charge < -0.3 is 15.4 Å². The predicted octanol–water partition coefficient (Wildman–Crippen LogP) is 3.02. The minimum Gasteiger partial charge on any atom is -0.496 e. The molecule has 2 N–H and O–H groups in total. The summed E-state index contributed by atoms with van der Waals surface area (Å²) in [6.45, 7) is 8.29. The number of rotatable bonds is 6. The Bertz CT molecular complexity index is 666. The van der Waals surface area contributed by atoms with Gasteiger partial charge in [-0.05, 0) is 38.0 Å². The number of aromatic nitrogens is 1. The highest BCUT2D eigenvalue weighted by molar-refractivity contribution is 7.11. The van der Waals surface area contributed by atoms with E-state index in [-0.39, 0.29) is 0 Å². The molecule has 124 valence electrons. The maximum absolute atomic E-state index is 5.29. The topological polar surface area (TPSA) is 58.5 Å². The number of guanidine groups is 1. The van der Waals surface area contributed by atoms with Gasteiger partial charge in [0.25, 0.3) is 0 Å². The molecule has 23 heavy (non-hydrogen) atoms. The van der Waals surface area contributed by atoms with Gasteiger partial charge in [0.05, 0.1) is 20.2 Å². The molecular weight excluding hydrogens is 308 g/mol. The molecule has 0 aliphatic rings. The Balaban J connectivity index is 1.98. The molecule has 0 saturated heterocycles. The van der Waals surface area contributed by atoms with E-state index in [1.54, 1.807) is 18.4 Å². The van der Waals surface area contributed by atoms with Crippen LogP contribution in [0.1, 0.15) is 27.9 Å². The second-order valence-corrected chi connectivity index (χ2v) is 6.54. The van der Waals surface area contributed by atoms with Crippen molar-refractivity contribution >= 4 is 17.3 Å². The van der Waals surface area contributed by atoms with Crippen molar-refractivity contribution in [3.63, 3.8) is 0 Å². The Hall–Kier alpha value is -2.08. The zero-order chi connectivity index (χ0) is 16.7. The maximum Gasteiger partial charge on any atom is 0.191 e. The number of methoxy groups -OCH3 is 1. The maximum atomic E-state index is 5.29. The highest BCUT2D eigenvalue weighted by Crippen LogP contribution is 2.18. The molecule has 5 nitrogen and oxygen atoms in total. The van der Waals surface area contributed by atoms with E-state index in [9.17, 15) is 0 Å². The molecule has 0 spiro atoms. The van der Waals surface area contributed by atoms with Crippen LogP contribution < -0.4 is 15.4 Å². The normalized spacial score (nSPS) is 11.4. The first kappa shape index (κ1) is 17.3. The molecule has 0 aliphatic carbocycles. The van der Waals surface area contributed by atoms with E-state index in [4.69, 9.17) is 4.74 Å². The number of nitrogens with zero attached hydrogens (tertiary/aromatic N) is 2. The highest BCUT2D eigenvalue weighted by atomic mass is 32.1. The van der Waals surface area contributed by atoms with Gasteiger partial charge in [-0.15, -0.1) is 11.3 Å². The van der Waals surface area contributed by atoms with Gasteiger partial charge >= 0.3 is 0 Å². The van der Waals surface area contributed by atoms with Gasteiger partial charge in [-0.2, -0.15) is 0 Å². The Labute approximate surface area is 141 Å². The monoisotopic (exact) mass is 332 g/mol. The number of hydrogen-bond donors (Lipinski definition) is 2. The van der Waals surface area contributed by atoms with E-state index in [2.05, 4.69) is 40.5 Å². The van der Waals surface area contributed by atoms with Gasteiger partial charge in [0.15, 0.2) is 5.96 Å². The van der Waals surface area contributed by atoms with Gasteiger partial charge in [-0.3, -0.25) is 0 Å². The number of thiazole rings is 1. The Morgan fingerprint density at radius 3 is 2.74 bits per heavy atom. The van der Waals surface area contributed by atoms with Gasteiger partial charge in [-0.25, -0.2) is 9.98 Å². The average Bonchev–Trinajstić information content (AvgIpc) is 2.95. The van der Waals surface area contributed by atoms with Crippen molar-refractivity contribution in [3.05, 3.63) is 45.4 Å². The van der Waals surface area contributed by atoms with Gasteiger partial charge in [-0.1, -0.05) is 12.1 Å². The summed E-state index contributed by atoms with van der Waals surface area (Å²) in [4.78, 5) is 10.2. The molecule has 0 atom stereocenters. The molecule has 0 saturated carbocycles. The molecule has 0 fully saturated rings. The summed E-state index contributed by atoms with van der Waals surface area (Å²) in [5, 5.41) is 7.64. The van der Waals surface area contributed by atoms with E-state index in [0.29, 0.717) is 13.1 Å². The third-order valence-electron chi connectivity index (χ3n) is 3.30. The number of hydrogen-bond acceptors (Lipinski definition) is 4. The Kier molecular flexibility index (Phi) is 6.40. The van der Waals surface area contributed by atoms with E-state index in [0.717, 1.165) is 34.4 Å². The van der Waals surface area contributed by atoms with Crippen LogP contribution in [0.3, 0.4) is 0 Å². The summed E-state index contributed by atoms with van der Waals surface area (Å²) in [6, 6.07) is 6.14. The van der Waals surface area contributed by atoms with Crippen LogP contribution >= 0.6 is 11.3 Å². The molecule has 0 amide bonds. The zero-order valence-electron chi connectivity index (χ0n) is 14.1. The second-order valence-electron chi connectivity index (χ2n) is 5.22. The summed E-state index contributed by atoms with van der Waals surface area (Å²) in [5.74, 6) is 1.70. The molecule has 0 unspecified atom stereocenters. The molecule has 2 aromatic rings. The first-order chi connectivity index (χ1) is 11.1. The van der Waals surface area contributed by atoms with Crippen LogP contribution in [0.15, 0.2) is 29.4 Å². The van der Waals surface area contributed by atoms with Crippen LogP contribution in [-0.4, -0.2) is 24.6 Å². The third-order valence-corrected chi connectivity index (χ3v) is 4.21. The largest absolute Gasteiger partial charge is 0.496 e. The lowest BCUT2D eigenvalue weighted by Gasteiger charge is -2.11. The Morgan fingerprint density at radius 1 is 1.30 bits per heavy atom. The molecule has 1 aromatic heterocycles. The van der Waals surface area contributed by atoms with E-state index >= 15 is 0 Å². The van der Waals surface area contributed by atoms with Crippen molar-refractivity contribution in [2.45, 2.75) is 33.9 Å². The van der Waals surface area contributed by atoms with Crippen LogP contribution in [0.4, 0.5) is 0 Å². The van der Waals surface area contributed by atoms with E-state index < -0.39 is 0 Å². The first-order valence-electron chi connectivity index (χ1n) is 7.69. The molecule has 1 aromatic carbocycles. The van der Waals surface area contributed by atoms with Crippen LogP contribution in [-0.2, 0) is 13.1 Å². The molecular formula is C17H24N4OS. The summed E-state index contributed by atoms with van der Waals surface area (Å²) in [7, 11) is 1.69. The minimum atomic E-state index is 0.622. The van der Waals surface area contributed by atoms with E-state index in [1.165, 1.54) is 4.88 Å². The van der Waals surface area contributed by atoms with Gasteiger partial charge in [0.2, 0.25) is 0 Å². The molecule has 6 heteroatoms. The SMILES string of the molecule is CCNC(=NCc1ccc(OC)c(C)c1)NCc1ncc(C)s1. The third kappa shape index (κ3) is 5.25. The summed E-state index contributed by atoms with van der Waals surface area (Å²) in [5.41, 5.74) is 2.28. The number of nitrogens with one attached hydrogen (secondary N) is 2. The van der Waals surface area contributed by atoms with Crippen molar-refractivity contribution in [3.8, 4) is 5.75 Å². The lowest BCUT2D eigenvalue weighted by atomic mass is 10.1. The number of benzene rings is 1. The predicted molar refractivity (Wildman–Crippen MR) is 96.2 cm³/mol. The summed E-state index contributed by atoms with van der Waals surface area (Å²) < 4.78 is 5.29. The molecule has 1 heterocycles. The van der Waals surface area contributed by atoms with Crippen molar-refractivity contribution in [1.82, 2.24) is 15.6 Å². The van der Waals surface area contributed by atoms with Crippen LogP contribution in [0.2, 0.25) is 0 Å². The fourth-order valence-corrected chi connectivity index (χ4v) is 2.92. The van der Waals surface area contributed by atoms with Crippen LogP contribution in [0.5, 0.6) is 5.75 Å². The van der Waals surface area contributed by atoms with Crippen molar-refractivity contribution < 1.29 is 4.74 Å². The zero-order valence-corrected chi connectivity index (χ0v) is 15.0. The van der Waals surface area contributed by atoms with Gasteiger partial charge in [0, 0.05) is 17.6 Å². The fraction of sp³-hybridized carbons (Fsp3) is 0.412. The highest BCUT2D eigenvalue weighted by Gasteiger charge is 2.03. The lowest BCUT2D eigenvalue weighted by Crippen LogP contribution is -2.36. The number of aryl methyl sites for hydroxylation is 2. The average molecular weight is 332 g/mol. The van der Waals surface area contributed by atoms with Crippen molar-refractivity contribution in [1.29, 1.82) is 0 Å². The number of ether oxygens (including phenoxy) is 1. The second kappa shape index (κ2) is 8.53. The van der Waals surface area contributed by atoms with E-state index in [1.807, 2.05) is 25.3 Å². The quantitative estimate of drug-likeness (QED) is 0.631. The fourth-order valence-electron chi connectivity index (χ4n) is 2.19. The van der Waals surface area contributed by atoms with Gasteiger partial charge in [0.1, 0.15) is 10.8 Å². The molecule has 0 aliphatic heterocycles. The smallest absolute Gasteiger partial charge is 0.191 e. The lowest BCUT2D eigenvalue weighted by molar-refractivity contribution is 0.411. The minimum absolute atomic E-state index is 0.622. The summed E-state index contributed by atoms with van der Waals surface area (Å²) in [6.07, 6.45) is 1.89. The van der Waals surface area contributed by atoms with Crippen LogP contribution in [0, 0.1) is 13.8 Å². The molecule has 0 bridgehead atoms. The standard InChI is InChI=1S/C17H24N4OS/c1-5-18-17(21-11-16-19-9-13(3)23-16)20-10-14-6-7-15(22-4)12(2)8-14/h6-9H,5,10-11H2,1-4H3,(H2,18,20,21). The molecule has 2 rings (SSSR count). The summed E-state index contributed by atoms with van der Waals surface area (Å²) >= 11 is 1.70. The number of aliphatic imine (C=N–C) groups is 1. The molecule has 0 radical (unpaired) electrons.